The first-order valence-corrected chi connectivity index (χ1v) is 10.0. The molecule has 3 rings (SSSR count). The Balaban J connectivity index is 1.79. The Morgan fingerprint density at radius 2 is 2.08 bits per heavy atom. The molecule has 4 nitrogen and oxygen atoms in total. The topological polar surface area (TPSA) is 55.1 Å². The summed E-state index contributed by atoms with van der Waals surface area (Å²) in [6.07, 6.45) is 5.10. The standard InChI is InChI=1S/C20H18N2O2S2/c1-4-14(12-25-3)20(23)22-16-7-5-15(6-8-16)19-13(2)11-18(26-19)17-9-10-21-24-17/h4-12H,1H2,2-3H3,(H,22,23)/b14-12+. The third-order valence-corrected chi connectivity index (χ3v) is 5.52. The molecule has 0 saturated heterocycles. The van der Waals surface area contributed by atoms with Gasteiger partial charge in [-0.2, -0.15) is 0 Å². The van der Waals surface area contributed by atoms with Crippen molar-refractivity contribution in [2.45, 2.75) is 6.92 Å². The van der Waals surface area contributed by atoms with Crippen LogP contribution in [0.3, 0.4) is 0 Å². The summed E-state index contributed by atoms with van der Waals surface area (Å²) in [5.41, 5.74) is 3.57. The highest BCUT2D eigenvalue weighted by Crippen LogP contribution is 2.38. The van der Waals surface area contributed by atoms with Gasteiger partial charge in [-0.25, -0.2) is 0 Å². The van der Waals surface area contributed by atoms with Gasteiger partial charge in [-0.05, 0) is 47.9 Å². The van der Waals surface area contributed by atoms with Crippen LogP contribution in [0.1, 0.15) is 5.56 Å². The molecule has 3 aromatic rings. The highest BCUT2D eigenvalue weighted by Gasteiger charge is 2.12. The van der Waals surface area contributed by atoms with Crippen LogP contribution in [0.4, 0.5) is 5.69 Å². The molecule has 0 unspecified atom stereocenters. The predicted octanol–water partition coefficient (Wildman–Crippen LogP) is 5.75. The van der Waals surface area contributed by atoms with Crippen molar-refractivity contribution >= 4 is 34.7 Å². The number of carbonyl (C=O) groups is 1. The fourth-order valence-electron chi connectivity index (χ4n) is 2.46. The lowest BCUT2D eigenvalue weighted by Crippen LogP contribution is -2.12. The molecule has 1 amide bonds. The fraction of sp³-hybridized carbons (Fsp3) is 0.100. The summed E-state index contributed by atoms with van der Waals surface area (Å²) in [4.78, 5) is 14.4. The fourth-order valence-corrected chi connectivity index (χ4v) is 4.06. The van der Waals surface area contributed by atoms with E-state index in [0.717, 1.165) is 21.9 Å². The zero-order valence-electron chi connectivity index (χ0n) is 14.5. The van der Waals surface area contributed by atoms with Crippen LogP contribution in [-0.4, -0.2) is 17.3 Å². The molecule has 132 valence electrons. The number of aryl methyl sites for hydroxylation is 1. The van der Waals surface area contributed by atoms with Crippen molar-refractivity contribution in [3.63, 3.8) is 0 Å². The van der Waals surface area contributed by atoms with Crippen molar-refractivity contribution in [1.29, 1.82) is 0 Å². The Morgan fingerprint density at radius 3 is 2.69 bits per heavy atom. The smallest absolute Gasteiger partial charge is 0.256 e. The normalized spacial score (nSPS) is 11.4. The van der Waals surface area contributed by atoms with Gasteiger partial charge in [0, 0.05) is 22.2 Å². The van der Waals surface area contributed by atoms with Crippen LogP contribution in [0.2, 0.25) is 0 Å². The molecule has 0 aliphatic rings. The first-order chi connectivity index (χ1) is 12.6. The van der Waals surface area contributed by atoms with E-state index >= 15 is 0 Å². The van der Waals surface area contributed by atoms with E-state index in [-0.39, 0.29) is 5.91 Å². The average molecular weight is 383 g/mol. The van der Waals surface area contributed by atoms with Crippen molar-refractivity contribution in [1.82, 2.24) is 5.16 Å². The second kappa shape index (κ2) is 8.21. The number of rotatable bonds is 6. The number of thiophene rings is 1. The van der Waals surface area contributed by atoms with Crippen molar-refractivity contribution in [2.24, 2.45) is 0 Å². The van der Waals surface area contributed by atoms with E-state index in [0.29, 0.717) is 5.57 Å². The summed E-state index contributed by atoms with van der Waals surface area (Å²) in [7, 11) is 0. The summed E-state index contributed by atoms with van der Waals surface area (Å²) < 4.78 is 5.24. The number of anilines is 1. The summed E-state index contributed by atoms with van der Waals surface area (Å²) in [6, 6.07) is 11.8. The van der Waals surface area contributed by atoms with Crippen molar-refractivity contribution in [3.05, 3.63) is 71.8 Å². The number of amides is 1. The highest BCUT2D eigenvalue weighted by atomic mass is 32.2. The van der Waals surface area contributed by atoms with Gasteiger partial charge in [-0.1, -0.05) is 29.9 Å². The number of nitrogens with one attached hydrogen (secondary N) is 1. The van der Waals surface area contributed by atoms with Crippen molar-refractivity contribution in [2.75, 3.05) is 11.6 Å². The molecule has 26 heavy (non-hydrogen) atoms. The van der Waals surface area contributed by atoms with E-state index < -0.39 is 0 Å². The maximum Gasteiger partial charge on any atom is 0.256 e. The molecule has 2 aromatic heterocycles. The van der Waals surface area contributed by atoms with E-state index in [1.807, 2.05) is 36.6 Å². The highest BCUT2D eigenvalue weighted by molar-refractivity contribution is 8.01. The molecule has 0 saturated carbocycles. The van der Waals surface area contributed by atoms with Gasteiger partial charge in [0.25, 0.3) is 5.91 Å². The van der Waals surface area contributed by atoms with E-state index in [1.54, 1.807) is 29.0 Å². The first-order valence-electron chi connectivity index (χ1n) is 7.91. The Bertz CT molecular complexity index is 939. The Hall–Kier alpha value is -2.57. The molecular formula is C20H18N2O2S2. The lowest BCUT2D eigenvalue weighted by molar-refractivity contribution is -0.112. The molecule has 1 aromatic carbocycles. The van der Waals surface area contributed by atoms with Gasteiger partial charge in [0.1, 0.15) is 0 Å². The van der Waals surface area contributed by atoms with E-state index in [4.69, 9.17) is 4.52 Å². The number of carbonyl (C=O) groups excluding carboxylic acids is 1. The van der Waals surface area contributed by atoms with Gasteiger partial charge >= 0.3 is 0 Å². The summed E-state index contributed by atoms with van der Waals surface area (Å²) in [5, 5.41) is 8.42. The molecule has 1 N–H and O–H groups in total. The van der Waals surface area contributed by atoms with Gasteiger partial charge in [-0.3, -0.25) is 4.79 Å². The number of nitrogens with zero attached hydrogens (tertiary/aromatic N) is 1. The number of thioether (sulfide) groups is 1. The van der Waals surface area contributed by atoms with Gasteiger partial charge in [-0.15, -0.1) is 23.1 Å². The summed E-state index contributed by atoms with van der Waals surface area (Å²) in [5.74, 6) is 0.604. The molecule has 0 aliphatic carbocycles. The number of hydrogen-bond donors (Lipinski definition) is 1. The average Bonchev–Trinajstić information content (AvgIpc) is 3.30. The molecule has 6 heteroatoms. The van der Waals surface area contributed by atoms with Crippen LogP contribution < -0.4 is 5.32 Å². The number of benzene rings is 1. The lowest BCUT2D eigenvalue weighted by Gasteiger charge is -2.07. The number of hydrogen-bond acceptors (Lipinski definition) is 5. The van der Waals surface area contributed by atoms with Crippen molar-refractivity contribution in [3.8, 4) is 21.1 Å². The van der Waals surface area contributed by atoms with E-state index in [1.165, 1.54) is 22.2 Å². The van der Waals surface area contributed by atoms with Gasteiger partial charge < -0.3 is 9.84 Å². The Morgan fingerprint density at radius 1 is 1.31 bits per heavy atom. The van der Waals surface area contributed by atoms with Crippen LogP contribution in [0.25, 0.3) is 21.1 Å². The first kappa shape index (κ1) is 18.2. The third kappa shape index (κ3) is 3.98. The summed E-state index contributed by atoms with van der Waals surface area (Å²) in [6.45, 7) is 5.75. The maximum atomic E-state index is 12.2. The molecule has 0 aliphatic heterocycles. The minimum absolute atomic E-state index is 0.165. The second-order valence-corrected chi connectivity index (χ2v) is 7.30. The maximum absolute atomic E-state index is 12.2. The Kier molecular flexibility index (Phi) is 5.75. The van der Waals surface area contributed by atoms with Crippen LogP contribution in [0, 0.1) is 6.92 Å². The van der Waals surface area contributed by atoms with Crippen LogP contribution >= 0.6 is 23.1 Å². The molecule has 2 heterocycles. The largest absolute Gasteiger partial charge is 0.355 e. The molecular weight excluding hydrogens is 364 g/mol. The van der Waals surface area contributed by atoms with E-state index in [2.05, 4.69) is 30.0 Å². The van der Waals surface area contributed by atoms with Gasteiger partial charge in [0.15, 0.2) is 5.76 Å². The predicted molar refractivity (Wildman–Crippen MR) is 110 cm³/mol. The van der Waals surface area contributed by atoms with Crippen LogP contribution in [0.5, 0.6) is 0 Å². The SMILES string of the molecule is C=C/C(=C\SC)C(=O)Nc1ccc(-c2sc(-c3ccno3)cc2C)cc1. The molecule has 0 spiro atoms. The van der Waals surface area contributed by atoms with Crippen LogP contribution in [-0.2, 0) is 4.79 Å². The van der Waals surface area contributed by atoms with Crippen molar-refractivity contribution < 1.29 is 9.32 Å². The van der Waals surface area contributed by atoms with Crippen LogP contribution in [0.15, 0.2) is 70.8 Å². The lowest BCUT2D eigenvalue weighted by atomic mass is 10.1. The molecule has 0 fully saturated rings. The molecule has 0 bridgehead atoms. The van der Waals surface area contributed by atoms with E-state index in [9.17, 15) is 4.79 Å². The zero-order valence-corrected chi connectivity index (χ0v) is 16.1. The third-order valence-electron chi connectivity index (χ3n) is 3.73. The molecule has 0 radical (unpaired) electrons. The molecule has 0 atom stereocenters. The van der Waals surface area contributed by atoms with Gasteiger partial charge in [0.2, 0.25) is 0 Å². The summed E-state index contributed by atoms with van der Waals surface area (Å²) >= 11 is 3.13. The second-order valence-electron chi connectivity index (χ2n) is 5.54. The minimum atomic E-state index is -0.165. The van der Waals surface area contributed by atoms with Gasteiger partial charge in [0.05, 0.1) is 11.1 Å². The zero-order chi connectivity index (χ0) is 18.5. The number of aromatic nitrogens is 1. The monoisotopic (exact) mass is 382 g/mol. The minimum Gasteiger partial charge on any atom is -0.355 e. The quantitative estimate of drug-likeness (QED) is 0.436. The Labute approximate surface area is 160 Å².